The second-order valence-corrected chi connectivity index (χ2v) is 8.79. The summed E-state index contributed by atoms with van der Waals surface area (Å²) in [6.45, 7) is 4.00. The molecule has 0 radical (unpaired) electrons. The van der Waals surface area contributed by atoms with Gasteiger partial charge in [-0.3, -0.25) is 4.79 Å². The lowest BCUT2D eigenvalue weighted by Gasteiger charge is -2.05. The van der Waals surface area contributed by atoms with E-state index in [4.69, 9.17) is 11.6 Å². The van der Waals surface area contributed by atoms with Crippen LogP contribution in [0.1, 0.15) is 16.7 Å². The fourth-order valence-corrected chi connectivity index (χ4v) is 4.30. The lowest BCUT2D eigenvalue weighted by atomic mass is 10.1. The number of aryl methyl sites for hydroxylation is 2. The summed E-state index contributed by atoms with van der Waals surface area (Å²) in [5.41, 5.74) is 3.65. The van der Waals surface area contributed by atoms with Crippen molar-refractivity contribution in [3.63, 3.8) is 0 Å². The summed E-state index contributed by atoms with van der Waals surface area (Å²) in [6, 6.07) is 7.20. The first-order chi connectivity index (χ1) is 12.2. The molecule has 1 aliphatic rings. The van der Waals surface area contributed by atoms with E-state index in [1.165, 1.54) is 11.8 Å². The Morgan fingerprint density at radius 1 is 1.19 bits per heavy atom. The van der Waals surface area contributed by atoms with Crippen molar-refractivity contribution in [3.8, 4) is 5.75 Å². The van der Waals surface area contributed by atoms with Gasteiger partial charge in [0, 0.05) is 4.47 Å². The fraction of sp³-hybridized carbons (Fsp3) is 0.111. The number of hydrogen-bond donors (Lipinski definition) is 2. The number of carbonyl (C=O) groups excluding carboxylic acids is 1. The van der Waals surface area contributed by atoms with Crippen molar-refractivity contribution in [2.45, 2.75) is 13.8 Å². The van der Waals surface area contributed by atoms with Gasteiger partial charge in [-0.05, 0) is 88.6 Å². The number of halogens is 3. The van der Waals surface area contributed by atoms with E-state index in [2.05, 4.69) is 42.2 Å². The number of nitrogens with zero attached hydrogens (tertiary/aromatic N) is 1. The monoisotopic (exact) mass is 514 g/mol. The van der Waals surface area contributed by atoms with Gasteiger partial charge in [0.05, 0.1) is 20.1 Å². The molecule has 0 bridgehead atoms. The Balaban J connectivity index is 1.89. The van der Waals surface area contributed by atoms with E-state index in [1.54, 1.807) is 18.2 Å². The number of carbonyl (C=O) groups is 1. The van der Waals surface area contributed by atoms with Gasteiger partial charge in [-0.15, -0.1) is 0 Å². The molecule has 2 N–H and O–H groups in total. The first-order valence-electron chi connectivity index (χ1n) is 7.49. The summed E-state index contributed by atoms with van der Waals surface area (Å²) >= 11 is 14.0. The lowest BCUT2D eigenvalue weighted by molar-refractivity contribution is -0.115. The highest BCUT2D eigenvalue weighted by molar-refractivity contribution is 9.10. The Morgan fingerprint density at radius 3 is 2.46 bits per heavy atom. The van der Waals surface area contributed by atoms with Gasteiger partial charge < -0.3 is 10.4 Å². The molecule has 1 fully saturated rings. The van der Waals surface area contributed by atoms with Crippen LogP contribution in [0, 0.1) is 13.8 Å². The molecule has 1 saturated heterocycles. The molecule has 26 heavy (non-hydrogen) atoms. The van der Waals surface area contributed by atoms with Gasteiger partial charge in [0.2, 0.25) is 0 Å². The zero-order valence-electron chi connectivity index (χ0n) is 13.7. The number of amidine groups is 1. The number of aromatic hydroxyl groups is 1. The number of benzene rings is 2. The normalized spacial score (nSPS) is 17.2. The third kappa shape index (κ3) is 4.17. The summed E-state index contributed by atoms with van der Waals surface area (Å²) < 4.78 is 1.52. The summed E-state index contributed by atoms with van der Waals surface area (Å²) in [4.78, 5) is 17.2. The molecular weight excluding hydrogens is 504 g/mol. The van der Waals surface area contributed by atoms with Crippen LogP contribution in [0.15, 0.2) is 43.1 Å². The first kappa shape index (κ1) is 19.5. The van der Waals surface area contributed by atoms with Crippen LogP contribution in [-0.4, -0.2) is 16.2 Å². The second kappa shape index (κ2) is 7.76. The minimum atomic E-state index is -0.223. The average Bonchev–Trinajstić information content (AvgIpc) is 2.89. The molecule has 0 spiro atoms. The third-order valence-corrected chi connectivity index (χ3v) is 6.69. The summed E-state index contributed by atoms with van der Waals surface area (Å²) in [6.07, 6.45) is 1.71. The molecule has 0 unspecified atom stereocenters. The number of hydrogen-bond acceptors (Lipinski definition) is 4. The minimum absolute atomic E-state index is 0.0272. The summed E-state index contributed by atoms with van der Waals surface area (Å²) in [5, 5.41) is 13.2. The van der Waals surface area contributed by atoms with Gasteiger partial charge in [-0.2, -0.15) is 0 Å². The van der Waals surface area contributed by atoms with Gasteiger partial charge in [-0.25, -0.2) is 4.99 Å². The largest absolute Gasteiger partial charge is 0.505 e. The zero-order valence-corrected chi connectivity index (χ0v) is 18.5. The lowest BCUT2D eigenvalue weighted by Crippen LogP contribution is -2.19. The maximum absolute atomic E-state index is 12.2. The summed E-state index contributed by atoms with van der Waals surface area (Å²) in [7, 11) is 0. The standard InChI is InChI=1S/C18H13Br2ClN2O2S/c1-8-3-11(4-9(2)15(8)20)22-18-23-17(25)14(26-18)7-10-5-12(19)16(24)13(21)6-10/h3-7,24H,1-2H3,(H,22,23,25)/b14-7-. The molecule has 0 aromatic heterocycles. The fourth-order valence-electron chi connectivity index (χ4n) is 2.41. The van der Waals surface area contributed by atoms with Crippen LogP contribution in [0.5, 0.6) is 5.75 Å². The zero-order chi connectivity index (χ0) is 19.0. The molecule has 2 aromatic rings. The van der Waals surface area contributed by atoms with Gasteiger partial charge in [0.15, 0.2) is 5.17 Å². The van der Waals surface area contributed by atoms with Gasteiger partial charge in [0.25, 0.3) is 5.91 Å². The molecule has 0 aliphatic carbocycles. The maximum atomic E-state index is 12.2. The van der Waals surface area contributed by atoms with E-state index in [0.29, 0.717) is 20.1 Å². The number of phenols is 1. The van der Waals surface area contributed by atoms with E-state index < -0.39 is 0 Å². The number of thioether (sulfide) groups is 1. The van der Waals surface area contributed by atoms with Crippen molar-refractivity contribution in [1.29, 1.82) is 0 Å². The molecule has 1 aliphatic heterocycles. The van der Waals surface area contributed by atoms with Gasteiger partial charge >= 0.3 is 0 Å². The van der Waals surface area contributed by atoms with Crippen LogP contribution in [-0.2, 0) is 4.79 Å². The number of phenolic OH excluding ortho intramolecular Hbond substituents is 1. The van der Waals surface area contributed by atoms with Crippen LogP contribution in [0.25, 0.3) is 6.08 Å². The quantitative estimate of drug-likeness (QED) is 0.476. The molecule has 0 saturated carbocycles. The highest BCUT2D eigenvalue weighted by Gasteiger charge is 2.24. The highest BCUT2D eigenvalue weighted by Crippen LogP contribution is 2.35. The van der Waals surface area contributed by atoms with Crippen molar-refractivity contribution >= 4 is 78.1 Å². The first-order valence-corrected chi connectivity index (χ1v) is 10.3. The van der Waals surface area contributed by atoms with Crippen molar-refractivity contribution in [3.05, 3.63) is 59.8 Å². The molecule has 1 amide bonds. The Labute approximate surface area is 177 Å². The Kier molecular flexibility index (Phi) is 5.81. The highest BCUT2D eigenvalue weighted by atomic mass is 79.9. The van der Waals surface area contributed by atoms with E-state index in [-0.39, 0.29) is 16.7 Å². The summed E-state index contributed by atoms with van der Waals surface area (Å²) in [5.74, 6) is -0.250. The van der Waals surface area contributed by atoms with Crippen LogP contribution in [0.3, 0.4) is 0 Å². The van der Waals surface area contributed by atoms with Crippen molar-refractivity contribution in [2.75, 3.05) is 0 Å². The van der Waals surface area contributed by atoms with Gasteiger partial charge in [0.1, 0.15) is 5.75 Å². The molecule has 2 aromatic carbocycles. The molecule has 4 nitrogen and oxygen atoms in total. The van der Waals surface area contributed by atoms with Crippen LogP contribution in [0.4, 0.5) is 5.69 Å². The Morgan fingerprint density at radius 2 is 1.85 bits per heavy atom. The minimum Gasteiger partial charge on any atom is -0.505 e. The van der Waals surface area contributed by atoms with Crippen LogP contribution in [0.2, 0.25) is 5.02 Å². The predicted molar refractivity (Wildman–Crippen MR) is 115 cm³/mol. The molecule has 1 heterocycles. The van der Waals surface area contributed by atoms with Crippen molar-refractivity contribution in [2.24, 2.45) is 4.99 Å². The predicted octanol–water partition coefficient (Wildman–Crippen LogP) is 6.08. The maximum Gasteiger partial charge on any atom is 0.264 e. The number of nitrogens with one attached hydrogen (secondary N) is 1. The third-order valence-electron chi connectivity index (χ3n) is 3.64. The van der Waals surface area contributed by atoms with Crippen molar-refractivity contribution < 1.29 is 9.90 Å². The van der Waals surface area contributed by atoms with Crippen LogP contribution >= 0.6 is 55.2 Å². The smallest absolute Gasteiger partial charge is 0.264 e. The second-order valence-electron chi connectivity index (χ2n) is 5.71. The van der Waals surface area contributed by atoms with E-state index >= 15 is 0 Å². The van der Waals surface area contributed by atoms with Gasteiger partial charge in [-0.1, -0.05) is 27.5 Å². The van der Waals surface area contributed by atoms with Crippen LogP contribution < -0.4 is 5.32 Å². The topological polar surface area (TPSA) is 61.7 Å². The molecular formula is C18H13Br2ClN2O2S. The number of aliphatic imine (C=N–C) groups is 1. The Bertz CT molecular complexity index is 943. The Hall–Kier alpha value is -1.28. The van der Waals surface area contributed by atoms with E-state index in [0.717, 1.165) is 21.3 Å². The van der Waals surface area contributed by atoms with E-state index in [9.17, 15) is 9.90 Å². The SMILES string of the molecule is Cc1cc(N=C2NC(=O)/C(=C/c3cc(Cl)c(O)c(Br)c3)S2)cc(C)c1Br. The molecule has 3 rings (SSSR count). The number of rotatable bonds is 2. The van der Waals surface area contributed by atoms with Crippen molar-refractivity contribution in [1.82, 2.24) is 5.32 Å². The molecule has 134 valence electrons. The average molecular weight is 517 g/mol. The molecule has 0 atom stereocenters. The molecule has 8 heteroatoms. The number of amides is 1. The van der Waals surface area contributed by atoms with E-state index in [1.807, 2.05) is 26.0 Å².